The Hall–Kier alpha value is -6.38. The van der Waals surface area contributed by atoms with E-state index in [1.165, 1.54) is 109 Å². The van der Waals surface area contributed by atoms with Crippen molar-refractivity contribution < 1.29 is 54.8 Å². The molecule has 0 fully saturated rings. The first-order valence-corrected chi connectivity index (χ1v) is 22.0. The molecule has 0 saturated heterocycles. The van der Waals surface area contributed by atoms with Crippen LogP contribution in [0.25, 0.3) is 22.3 Å². The number of ether oxygens (including phenoxy) is 6. The van der Waals surface area contributed by atoms with Crippen molar-refractivity contribution in [2.75, 3.05) is 42.7 Å². The van der Waals surface area contributed by atoms with Crippen LogP contribution in [0.15, 0.2) is 119 Å². The summed E-state index contributed by atoms with van der Waals surface area (Å²) < 4.78 is 92.7. The number of imidazole rings is 1. The third-order valence-corrected chi connectivity index (χ3v) is 14.2. The van der Waals surface area contributed by atoms with Crippen molar-refractivity contribution in [3.05, 3.63) is 135 Å². The minimum atomic E-state index is -4.46. The van der Waals surface area contributed by atoms with E-state index in [1.807, 2.05) is 22.6 Å². The second-order valence-corrected chi connectivity index (χ2v) is 17.7. The van der Waals surface area contributed by atoms with E-state index >= 15 is 0 Å². The molecule has 0 aliphatic rings. The lowest BCUT2D eigenvalue weighted by Gasteiger charge is -2.15. The first-order valence-electron chi connectivity index (χ1n) is 18.0. The summed E-state index contributed by atoms with van der Waals surface area (Å²) in [5.74, 6) is -0.368. The molecule has 0 unspecified atom stereocenters. The molecule has 314 valence electrons. The van der Waals surface area contributed by atoms with Gasteiger partial charge < -0.3 is 28.4 Å². The first-order chi connectivity index (χ1) is 29.2. The maximum absolute atomic E-state index is 14.7. The number of halogens is 1. The SMILES string of the molecule is COc1cc(C(=O)c2cn(S(=O)(=O)c3ccccc3)c(-c3ccc4c(c3)c(I)c(C(=O)c3cc(OC)c(OC)c(OC)c3)n4S(=O)(=O)c3ccccc3)n2)cc(OC)c1OC. The number of benzene rings is 5. The number of aromatic nitrogens is 3. The molecular formula is C43H36IN3O12S2. The van der Waals surface area contributed by atoms with E-state index in [1.54, 1.807) is 36.4 Å². The minimum Gasteiger partial charge on any atom is -0.493 e. The molecule has 0 aliphatic heterocycles. The van der Waals surface area contributed by atoms with Gasteiger partial charge in [-0.15, -0.1) is 0 Å². The molecular weight excluding hydrogens is 942 g/mol. The maximum atomic E-state index is 14.7. The Morgan fingerprint density at radius 1 is 0.574 bits per heavy atom. The summed E-state index contributed by atoms with van der Waals surface area (Å²) in [6, 6.07) is 25.3. The van der Waals surface area contributed by atoms with Crippen LogP contribution < -0.4 is 28.4 Å². The molecule has 0 spiro atoms. The summed E-state index contributed by atoms with van der Waals surface area (Å²) in [4.78, 5) is 33.3. The van der Waals surface area contributed by atoms with Crippen LogP contribution >= 0.6 is 22.6 Å². The Morgan fingerprint density at radius 2 is 1.03 bits per heavy atom. The highest BCUT2D eigenvalue weighted by Gasteiger charge is 2.33. The van der Waals surface area contributed by atoms with E-state index in [0.717, 1.165) is 14.1 Å². The number of carbonyl (C=O) groups is 2. The largest absolute Gasteiger partial charge is 0.493 e. The smallest absolute Gasteiger partial charge is 0.269 e. The lowest BCUT2D eigenvalue weighted by atomic mass is 10.1. The average molecular weight is 978 g/mol. The molecule has 18 heteroatoms. The Kier molecular flexibility index (Phi) is 11.9. The predicted octanol–water partition coefficient (Wildman–Crippen LogP) is 7.10. The molecule has 7 rings (SSSR count). The van der Waals surface area contributed by atoms with Gasteiger partial charge in [-0.3, -0.25) is 9.59 Å². The zero-order chi connectivity index (χ0) is 43.8. The van der Waals surface area contributed by atoms with Crippen LogP contribution in [0.5, 0.6) is 34.5 Å². The van der Waals surface area contributed by atoms with Gasteiger partial charge in [-0.05, 0) is 89.3 Å². The van der Waals surface area contributed by atoms with Crippen LogP contribution in [0.1, 0.15) is 32.1 Å². The second-order valence-electron chi connectivity index (χ2n) is 13.0. The molecule has 0 aliphatic carbocycles. The van der Waals surface area contributed by atoms with Crippen molar-refractivity contribution >= 4 is 65.1 Å². The highest BCUT2D eigenvalue weighted by Crippen LogP contribution is 2.42. The van der Waals surface area contributed by atoms with Crippen LogP contribution in [0.3, 0.4) is 0 Å². The van der Waals surface area contributed by atoms with Gasteiger partial charge in [0.2, 0.25) is 23.1 Å². The highest BCUT2D eigenvalue weighted by molar-refractivity contribution is 14.1. The number of methoxy groups -OCH3 is 6. The van der Waals surface area contributed by atoms with Crippen molar-refractivity contribution in [1.82, 2.24) is 12.9 Å². The Balaban J connectivity index is 1.48. The van der Waals surface area contributed by atoms with Gasteiger partial charge in [-0.1, -0.05) is 36.4 Å². The molecule has 5 aromatic carbocycles. The lowest BCUT2D eigenvalue weighted by Crippen LogP contribution is -2.20. The maximum Gasteiger partial charge on any atom is 0.269 e. The molecule has 2 aromatic heterocycles. The number of hydrogen-bond donors (Lipinski definition) is 0. The average Bonchev–Trinajstić information content (AvgIpc) is 3.88. The quantitative estimate of drug-likeness (QED) is 0.0751. The molecule has 7 aromatic rings. The van der Waals surface area contributed by atoms with Crippen molar-refractivity contribution in [1.29, 1.82) is 0 Å². The molecule has 0 bridgehead atoms. The Morgan fingerprint density at radius 3 is 1.49 bits per heavy atom. The van der Waals surface area contributed by atoms with E-state index in [4.69, 9.17) is 28.4 Å². The summed E-state index contributed by atoms with van der Waals surface area (Å²) in [7, 11) is -0.469. The molecule has 61 heavy (non-hydrogen) atoms. The number of rotatable bonds is 15. The fourth-order valence-electron chi connectivity index (χ4n) is 6.77. The Bertz CT molecular complexity index is 3030. The lowest BCUT2D eigenvalue weighted by molar-refractivity contribution is 0.102. The molecule has 0 atom stereocenters. The molecule has 2 heterocycles. The van der Waals surface area contributed by atoms with Gasteiger partial charge in [0, 0.05) is 22.1 Å². The van der Waals surface area contributed by atoms with E-state index in [2.05, 4.69) is 4.98 Å². The topological polar surface area (TPSA) is 181 Å². The summed E-state index contributed by atoms with van der Waals surface area (Å²) in [5, 5.41) is 0.262. The number of hydrogen-bond acceptors (Lipinski definition) is 13. The standard InChI is InChI=1S/C43H36IN3O12S2/c1-54-33-20-26(21-34(55-2)41(33)58-5)39(48)31-24-46(60(50,51)28-13-9-7-10-14-28)43(45-31)25-17-18-32-30(19-25)37(44)38(47(32)61(52,53)29-15-11-8-12-16-29)40(49)27-22-35(56-3)42(59-6)36(23-27)57-4/h7-24H,1-6H3. The van der Waals surface area contributed by atoms with Crippen LogP contribution in [0, 0.1) is 3.57 Å². The summed E-state index contributed by atoms with van der Waals surface area (Å²) in [5.41, 5.74) is -0.101. The van der Waals surface area contributed by atoms with E-state index < -0.39 is 31.6 Å². The van der Waals surface area contributed by atoms with Gasteiger partial charge in [0.1, 0.15) is 11.4 Å². The predicted molar refractivity (Wildman–Crippen MR) is 233 cm³/mol. The fraction of sp³-hybridized carbons (Fsp3) is 0.140. The van der Waals surface area contributed by atoms with Gasteiger partial charge >= 0.3 is 0 Å². The van der Waals surface area contributed by atoms with Gasteiger partial charge in [-0.2, -0.15) is 0 Å². The third-order valence-electron chi connectivity index (χ3n) is 9.68. The number of fused-ring (bicyclic) bond motifs is 1. The first kappa shape index (κ1) is 42.7. The summed E-state index contributed by atoms with van der Waals surface area (Å²) in [6.07, 6.45) is 1.11. The molecule has 15 nitrogen and oxygen atoms in total. The van der Waals surface area contributed by atoms with Gasteiger partial charge in [0.05, 0.1) is 67.7 Å². The molecule has 0 N–H and O–H groups in total. The van der Waals surface area contributed by atoms with E-state index in [0.29, 0.717) is 0 Å². The van der Waals surface area contributed by atoms with Crippen molar-refractivity contribution in [2.45, 2.75) is 9.79 Å². The van der Waals surface area contributed by atoms with Crippen LogP contribution in [-0.2, 0) is 20.0 Å². The van der Waals surface area contributed by atoms with Crippen molar-refractivity contribution in [3.8, 4) is 45.9 Å². The van der Waals surface area contributed by atoms with Gasteiger partial charge in [0.25, 0.3) is 20.0 Å². The number of carbonyl (C=O) groups excluding carboxylic acids is 2. The fourth-order valence-corrected chi connectivity index (χ4v) is 10.7. The molecule has 0 saturated carbocycles. The van der Waals surface area contributed by atoms with Crippen LogP contribution in [-0.4, -0.2) is 84.0 Å². The van der Waals surface area contributed by atoms with E-state index in [-0.39, 0.29) is 92.7 Å². The summed E-state index contributed by atoms with van der Waals surface area (Å²) in [6.45, 7) is 0. The molecule has 0 radical (unpaired) electrons. The van der Waals surface area contributed by atoms with Gasteiger partial charge in [0.15, 0.2) is 28.8 Å². The van der Waals surface area contributed by atoms with E-state index in [9.17, 15) is 26.4 Å². The highest BCUT2D eigenvalue weighted by atomic mass is 127. The van der Waals surface area contributed by atoms with Crippen LogP contribution in [0.4, 0.5) is 0 Å². The Labute approximate surface area is 364 Å². The monoisotopic (exact) mass is 977 g/mol. The van der Waals surface area contributed by atoms with Crippen LogP contribution in [0.2, 0.25) is 0 Å². The van der Waals surface area contributed by atoms with Crippen molar-refractivity contribution in [3.63, 3.8) is 0 Å². The van der Waals surface area contributed by atoms with Crippen molar-refractivity contribution in [2.24, 2.45) is 0 Å². The summed E-state index contributed by atoms with van der Waals surface area (Å²) >= 11 is 1.90. The number of nitrogens with zero attached hydrogens (tertiary/aromatic N) is 3. The normalized spacial score (nSPS) is 11.6. The molecule has 0 amide bonds. The second kappa shape index (κ2) is 16.9. The van der Waals surface area contributed by atoms with Gasteiger partial charge in [-0.25, -0.2) is 29.8 Å². The zero-order valence-corrected chi connectivity index (χ0v) is 37.1. The number of ketones is 2. The third kappa shape index (κ3) is 7.44. The minimum absolute atomic E-state index is 0.0272. The zero-order valence-electron chi connectivity index (χ0n) is 33.3.